The number of hydrogen-bond donors (Lipinski definition) is 2. The van der Waals surface area contributed by atoms with Crippen LogP contribution in [0.1, 0.15) is 0 Å². The Morgan fingerprint density at radius 3 is 2.75 bits per heavy atom. The van der Waals surface area contributed by atoms with Gasteiger partial charge in [-0.15, -0.1) is 0 Å². The molecular weight excluding hydrogens is 270 g/mol. The first-order valence-corrected chi connectivity index (χ1v) is 5.88. The summed E-state index contributed by atoms with van der Waals surface area (Å²) in [6.45, 7) is 1.17. The van der Waals surface area contributed by atoms with E-state index in [-0.39, 0.29) is 6.04 Å². The predicted molar refractivity (Wildman–Crippen MR) is 71.0 cm³/mol. The minimum absolute atomic E-state index is 0.0336. The van der Waals surface area contributed by atoms with Crippen molar-refractivity contribution in [3.8, 4) is 5.75 Å². The summed E-state index contributed by atoms with van der Waals surface area (Å²) in [7, 11) is 3.63. The fourth-order valence-electron chi connectivity index (χ4n) is 1.49. The van der Waals surface area contributed by atoms with Crippen LogP contribution in [0.5, 0.6) is 5.75 Å². The van der Waals surface area contributed by atoms with Crippen molar-refractivity contribution in [2.75, 3.05) is 32.1 Å². The smallest absolute Gasteiger partial charge is 0.142 e. The quantitative estimate of drug-likeness (QED) is 0.854. The Bertz CT molecular complexity index is 346. The van der Waals surface area contributed by atoms with Crippen LogP contribution >= 0.6 is 15.9 Å². The lowest BCUT2D eigenvalue weighted by molar-refractivity contribution is 0.414. The van der Waals surface area contributed by atoms with Gasteiger partial charge in [-0.3, -0.25) is 0 Å². The highest BCUT2D eigenvalue weighted by Gasteiger charge is 2.11. The lowest BCUT2D eigenvalue weighted by Gasteiger charge is -2.24. The third-order valence-corrected chi connectivity index (χ3v) is 2.86. The average molecular weight is 288 g/mol. The molecule has 0 radical (unpaired) electrons. The van der Waals surface area contributed by atoms with E-state index in [1.807, 2.05) is 30.1 Å². The van der Waals surface area contributed by atoms with Crippen molar-refractivity contribution in [2.45, 2.75) is 6.04 Å². The van der Waals surface area contributed by atoms with Gasteiger partial charge in [0.25, 0.3) is 0 Å². The van der Waals surface area contributed by atoms with Crippen LogP contribution in [0.4, 0.5) is 5.69 Å². The van der Waals surface area contributed by atoms with Gasteiger partial charge in [0.1, 0.15) is 5.75 Å². The SMILES string of the molecule is COc1ccc(Br)cc1N(C)CC(N)CN. The Morgan fingerprint density at radius 2 is 2.19 bits per heavy atom. The number of methoxy groups -OCH3 is 1. The zero-order chi connectivity index (χ0) is 12.1. The number of likely N-dealkylation sites (N-methyl/N-ethyl adjacent to an activating group) is 1. The van der Waals surface area contributed by atoms with Gasteiger partial charge >= 0.3 is 0 Å². The van der Waals surface area contributed by atoms with E-state index < -0.39 is 0 Å². The number of ether oxygens (including phenoxy) is 1. The normalized spacial score (nSPS) is 12.3. The van der Waals surface area contributed by atoms with Gasteiger partial charge in [-0.25, -0.2) is 0 Å². The number of rotatable bonds is 5. The summed E-state index contributed by atoms with van der Waals surface area (Å²) in [5, 5.41) is 0. The van der Waals surface area contributed by atoms with Crippen LogP contribution in [0.3, 0.4) is 0 Å². The fourth-order valence-corrected chi connectivity index (χ4v) is 1.84. The molecule has 4 N–H and O–H groups in total. The Balaban J connectivity index is 2.88. The Morgan fingerprint density at radius 1 is 1.50 bits per heavy atom. The van der Waals surface area contributed by atoms with Crippen molar-refractivity contribution in [1.29, 1.82) is 0 Å². The summed E-state index contributed by atoms with van der Waals surface area (Å²) in [6.07, 6.45) is 0. The van der Waals surface area contributed by atoms with Gasteiger partial charge in [-0.05, 0) is 18.2 Å². The van der Waals surface area contributed by atoms with E-state index in [0.717, 1.165) is 15.9 Å². The lowest BCUT2D eigenvalue weighted by Crippen LogP contribution is -2.40. The molecule has 0 aliphatic rings. The number of hydrogen-bond acceptors (Lipinski definition) is 4. The highest BCUT2D eigenvalue weighted by atomic mass is 79.9. The van der Waals surface area contributed by atoms with Crippen LogP contribution in [0.2, 0.25) is 0 Å². The number of halogens is 1. The Labute approximate surface area is 105 Å². The second kappa shape index (κ2) is 6.08. The van der Waals surface area contributed by atoms with Gasteiger partial charge < -0.3 is 21.1 Å². The second-order valence-electron chi connectivity index (χ2n) is 3.69. The van der Waals surface area contributed by atoms with Gasteiger partial charge in [-0.2, -0.15) is 0 Å². The van der Waals surface area contributed by atoms with Crippen molar-refractivity contribution < 1.29 is 4.74 Å². The molecule has 0 bridgehead atoms. The summed E-state index contributed by atoms with van der Waals surface area (Å²) in [5.74, 6) is 0.829. The van der Waals surface area contributed by atoms with Crippen LogP contribution in [-0.2, 0) is 0 Å². The molecule has 1 aromatic carbocycles. The van der Waals surface area contributed by atoms with E-state index >= 15 is 0 Å². The van der Waals surface area contributed by atoms with Crippen LogP contribution in [0, 0.1) is 0 Å². The summed E-state index contributed by atoms with van der Waals surface area (Å²) >= 11 is 3.44. The molecule has 0 aliphatic heterocycles. The van der Waals surface area contributed by atoms with Crippen molar-refractivity contribution in [3.05, 3.63) is 22.7 Å². The zero-order valence-electron chi connectivity index (χ0n) is 9.61. The van der Waals surface area contributed by atoms with Crippen molar-refractivity contribution in [2.24, 2.45) is 11.5 Å². The molecule has 1 rings (SSSR count). The van der Waals surface area contributed by atoms with E-state index in [4.69, 9.17) is 16.2 Å². The predicted octanol–water partition coefficient (Wildman–Crippen LogP) is 1.18. The van der Waals surface area contributed by atoms with Crippen LogP contribution in [-0.4, -0.2) is 33.3 Å². The van der Waals surface area contributed by atoms with E-state index in [2.05, 4.69) is 15.9 Å². The molecule has 90 valence electrons. The van der Waals surface area contributed by atoms with Gasteiger partial charge in [-0.1, -0.05) is 15.9 Å². The van der Waals surface area contributed by atoms with E-state index in [9.17, 15) is 0 Å². The highest BCUT2D eigenvalue weighted by Crippen LogP contribution is 2.30. The van der Waals surface area contributed by atoms with Crippen molar-refractivity contribution in [3.63, 3.8) is 0 Å². The third kappa shape index (κ3) is 3.37. The van der Waals surface area contributed by atoms with Crippen LogP contribution in [0.15, 0.2) is 22.7 Å². The van der Waals surface area contributed by atoms with Gasteiger partial charge in [0, 0.05) is 30.7 Å². The van der Waals surface area contributed by atoms with Crippen molar-refractivity contribution >= 4 is 21.6 Å². The number of anilines is 1. The molecule has 0 saturated heterocycles. The van der Waals surface area contributed by atoms with Crippen LogP contribution in [0.25, 0.3) is 0 Å². The highest BCUT2D eigenvalue weighted by molar-refractivity contribution is 9.10. The number of nitrogens with two attached hydrogens (primary N) is 2. The molecular formula is C11H18BrN3O. The lowest BCUT2D eigenvalue weighted by atomic mass is 10.2. The monoisotopic (exact) mass is 287 g/mol. The Kier molecular flexibility index (Phi) is 5.05. The molecule has 0 aliphatic carbocycles. The fraction of sp³-hybridized carbons (Fsp3) is 0.455. The topological polar surface area (TPSA) is 64.5 Å². The summed E-state index contributed by atoms with van der Waals surface area (Å²) in [6, 6.07) is 5.83. The second-order valence-corrected chi connectivity index (χ2v) is 4.61. The largest absolute Gasteiger partial charge is 0.495 e. The maximum atomic E-state index is 5.82. The molecule has 1 aromatic rings. The standard InChI is InChI=1S/C11H18BrN3O/c1-15(7-9(14)6-13)10-5-8(12)3-4-11(10)16-2/h3-5,9H,6-7,13-14H2,1-2H3. The maximum absolute atomic E-state index is 5.82. The third-order valence-electron chi connectivity index (χ3n) is 2.36. The van der Waals surface area contributed by atoms with E-state index in [1.165, 1.54) is 0 Å². The van der Waals surface area contributed by atoms with Crippen LogP contribution < -0.4 is 21.1 Å². The minimum atomic E-state index is -0.0336. The minimum Gasteiger partial charge on any atom is -0.495 e. The summed E-state index contributed by atoms with van der Waals surface area (Å²) < 4.78 is 6.31. The average Bonchev–Trinajstić information content (AvgIpc) is 2.28. The van der Waals surface area contributed by atoms with Crippen molar-refractivity contribution in [1.82, 2.24) is 0 Å². The number of nitrogens with zero attached hydrogens (tertiary/aromatic N) is 1. The molecule has 0 saturated carbocycles. The molecule has 0 fully saturated rings. The molecule has 16 heavy (non-hydrogen) atoms. The first kappa shape index (κ1) is 13.3. The van der Waals surface area contributed by atoms with E-state index in [0.29, 0.717) is 13.1 Å². The summed E-state index contributed by atoms with van der Waals surface area (Å²) in [4.78, 5) is 2.04. The Hall–Kier alpha value is -0.780. The summed E-state index contributed by atoms with van der Waals surface area (Å²) in [5.41, 5.74) is 12.3. The molecule has 4 nitrogen and oxygen atoms in total. The van der Waals surface area contributed by atoms with Gasteiger partial charge in [0.05, 0.1) is 12.8 Å². The first-order valence-electron chi connectivity index (χ1n) is 5.08. The first-order chi connectivity index (χ1) is 7.58. The molecule has 1 atom stereocenters. The zero-order valence-corrected chi connectivity index (χ0v) is 11.2. The van der Waals surface area contributed by atoms with E-state index in [1.54, 1.807) is 7.11 Å². The molecule has 0 amide bonds. The van der Waals surface area contributed by atoms with Gasteiger partial charge in [0.2, 0.25) is 0 Å². The molecule has 0 spiro atoms. The molecule has 0 aromatic heterocycles. The number of benzene rings is 1. The molecule has 1 unspecified atom stereocenters. The molecule has 0 heterocycles. The maximum Gasteiger partial charge on any atom is 0.142 e. The molecule has 5 heteroatoms. The van der Waals surface area contributed by atoms with Gasteiger partial charge in [0.15, 0.2) is 0 Å².